The molecular weight excluding hydrogens is 384 g/mol. The lowest BCUT2D eigenvalue weighted by atomic mass is 10.1. The highest BCUT2D eigenvalue weighted by molar-refractivity contribution is 5.76. The van der Waals surface area contributed by atoms with Crippen LogP contribution in [0, 0.1) is 0 Å². The summed E-state index contributed by atoms with van der Waals surface area (Å²) in [6.07, 6.45) is 5.20. The number of aromatic nitrogens is 1. The molecular formula is C23H28N2O5. The molecule has 0 radical (unpaired) electrons. The zero-order chi connectivity index (χ0) is 20.6. The van der Waals surface area contributed by atoms with Gasteiger partial charge in [-0.05, 0) is 37.5 Å². The van der Waals surface area contributed by atoms with E-state index in [1.807, 2.05) is 41.3 Å². The molecule has 30 heavy (non-hydrogen) atoms. The first-order chi connectivity index (χ1) is 14.8. The molecule has 2 aliphatic rings. The molecule has 0 aliphatic carbocycles. The van der Waals surface area contributed by atoms with E-state index in [9.17, 15) is 4.79 Å². The van der Waals surface area contributed by atoms with Crippen LogP contribution in [0.5, 0.6) is 17.4 Å². The maximum atomic E-state index is 13.1. The predicted molar refractivity (Wildman–Crippen MR) is 111 cm³/mol. The monoisotopic (exact) mass is 412 g/mol. The first-order valence-corrected chi connectivity index (χ1v) is 10.6. The van der Waals surface area contributed by atoms with E-state index >= 15 is 0 Å². The van der Waals surface area contributed by atoms with Crippen molar-refractivity contribution in [3.63, 3.8) is 0 Å². The highest BCUT2D eigenvalue weighted by atomic mass is 16.5. The fraction of sp³-hybridized carbons (Fsp3) is 0.478. The van der Waals surface area contributed by atoms with Crippen LogP contribution in [-0.4, -0.2) is 54.9 Å². The topological polar surface area (TPSA) is 70.1 Å². The Morgan fingerprint density at radius 2 is 1.93 bits per heavy atom. The molecule has 1 fully saturated rings. The van der Waals surface area contributed by atoms with Gasteiger partial charge < -0.3 is 23.8 Å². The summed E-state index contributed by atoms with van der Waals surface area (Å²) >= 11 is 0. The number of carbonyl (C=O) groups excluding carboxylic acids is 1. The van der Waals surface area contributed by atoms with Crippen molar-refractivity contribution in [2.75, 3.05) is 33.0 Å². The normalized spacial score (nSPS) is 20.3. The molecule has 7 heteroatoms. The van der Waals surface area contributed by atoms with E-state index in [1.54, 1.807) is 6.20 Å². The molecule has 0 bridgehead atoms. The first-order valence-electron chi connectivity index (χ1n) is 10.6. The minimum absolute atomic E-state index is 0.00153. The fourth-order valence-electron chi connectivity index (χ4n) is 3.67. The van der Waals surface area contributed by atoms with Crippen molar-refractivity contribution in [1.29, 1.82) is 0 Å². The smallest absolute Gasteiger partial charge is 0.225 e. The molecule has 3 heterocycles. The molecule has 0 saturated carbocycles. The van der Waals surface area contributed by atoms with Crippen LogP contribution in [0.15, 0.2) is 42.6 Å². The van der Waals surface area contributed by atoms with Crippen molar-refractivity contribution in [2.24, 2.45) is 0 Å². The van der Waals surface area contributed by atoms with Gasteiger partial charge in [-0.1, -0.05) is 18.2 Å². The van der Waals surface area contributed by atoms with E-state index in [4.69, 9.17) is 18.9 Å². The number of benzene rings is 1. The van der Waals surface area contributed by atoms with Crippen molar-refractivity contribution in [3.8, 4) is 17.4 Å². The average Bonchev–Trinajstić information content (AvgIpc) is 2.79. The summed E-state index contributed by atoms with van der Waals surface area (Å²) in [5.41, 5.74) is 0.837. The van der Waals surface area contributed by atoms with Crippen molar-refractivity contribution >= 4 is 5.91 Å². The van der Waals surface area contributed by atoms with Gasteiger partial charge in [0.15, 0.2) is 11.5 Å². The number of amides is 1. The van der Waals surface area contributed by atoms with E-state index in [0.29, 0.717) is 56.7 Å². The number of nitrogens with zero attached hydrogens (tertiary/aromatic N) is 2. The summed E-state index contributed by atoms with van der Waals surface area (Å²) in [5, 5.41) is 0. The van der Waals surface area contributed by atoms with Crippen LogP contribution in [0.4, 0.5) is 0 Å². The number of hydrogen-bond donors (Lipinski definition) is 0. The summed E-state index contributed by atoms with van der Waals surface area (Å²) in [6, 6.07) is 11.3. The van der Waals surface area contributed by atoms with Crippen LogP contribution in [0.3, 0.4) is 0 Å². The van der Waals surface area contributed by atoms with Crippen molar-refractivity contribution in [3.05, 3.63) is 48.2 Å². The number of fused-ring (bicyclic) bond motifs is 2. The Morgan fingerprint density at radius 1 is 1.03 bits per heavy atom. The molecule has 2 aromatic rings. The van der Waals surface area contributed by atoms with Crippen LogP contribution in [0.1, 0.15) is 31.2 Å². The van der Waals surface area contributed by atoms with Gasteiger partial charge in [0.05, 0.1) is 32.3 Å². The molecule has 0 N–H and O–H groups in total. The number of rotatable bonds is 2. The Hall–Kier alpha value is -2.64. The largest absolute Gasteiger partial charge is 0.487 e. The number of ether oxygens (including phenoxy) is 4. The molecule has 1 aromatic heterocycles. The van der Waals surface area contributed by atoms with Gasteiger partial charge in [0.25, 0.3) is 0 Å². The van der Waals surface area contributed by atoms with E-state index in [0.717, 1.165) is 31.4 Å². The summed E-state index contributed by atoms with van der Waals surface area (Å²) in [6.45, 7) is 2.92. The van der Waals surface area contributed by atoms with Crippen LogP contribution in [0.25, 0.3) is 0 Å². The van der Waals surface area contributed by atoms with Crippen molar-refractivity contribution < 1.29 is 23.7 Å². The van der Waals surface area contributed by atoms with E-state index < -0.39 is 0 Å². The zero-order valence-electron chi connectivity index (χ0n) is 17.1. The lowest BCUT2D eigenvalue weighted by Gasteiger charge is -2.27. The summed E-state index contributed by atoms with van der Waals surface area (Å²) < 4.78 is 23.4. The number of para-hydroxylation sites is 2. The number of carbonyl (C=O) groups is 1. The van der Waals surface area contributed by atoms with Gasteiger partial charge in [0.2, 0.25) is 11.8 Å². The quantitative estimate of drug-likeness (QED) is 0.751. The van der Waals surface area contributed by atoms with Gasteiger partial charge >= 0.3 is 0 Å². The molecule has 1 amide bonds. The molecule has 7 nitrogen and oxygen atoms in total. The first kappa shape index (κ1) is 20.6. The van der Waals surface area contributed by atoms with Crippen LogP contribution in [-0.2, 0) is 20.8 Å². The van der Waals surface area contributed by atoms with Gasteiger partial charge in [-0.2, -0.15) is 0 Å². The molecule has 1 aromatic carbocycles. The Labute approximate surface area is 176 Å². The highest BCUT2D eigenvalue weighted by Gasteiger charge is 2.23. The minimum Gasteiger partial charge on any atom is -0.487 e. The molecule has 2 aliphatic heterocycles. The van der Waals surface area contributed by atoms with Crippen LogP contribution < -0.4 is 9.47 Å². The molecule has 1 saturated heterocycles. The molecule has 1 unspecified atom stereocenters. The summed E-state index contributed by atoms with van der Waals surface area (Å²) in [4.78, 5) is 19.3. The standard InChI is InChI=1S/C23H28N2O5/c26-22(16-19-7-3-4-12-28-19)25-11-13-27-14-15-29-20-8-1-2-9-21(20)30-23-18(17-25)6-5-10-24-23/h1-2,5-6,8-10,19H,3-4,7,11-17H2. The maximum Gasteiger partial charge on any atom is 0.225 e. The maximum absolute atomic E-state index is 13.1. The molecule has 160 valence electrons. The fourth-order valence-corrected chi connectivity index (χ4v) is 3.67. The Balaban J connectivity index is 1.55. The molecule has 4 rings (SSSR count). The van der Waals surface area contributed by atoms with Gasteiger partial charge in [0, 0.05) is 24.9 Å². The predicted octanol–water partition coefficient (Wildman–Crippen LogP) is 3.57. The number of pyridine rings is 1. The highest BCUT2D eigenvalue weighted by Crippen LogP contribution is 2.32. The van der Waals surface area contributed by atoms with E-state index in [1.165, 1.54) is 0 Å². The Kier molecular flexibility index (Phi) is 7.16. The van der Waals surface area contributed by atoms with Gasteiger partial charge in [-0.25, -0.2) is 4.98 Å². The Morgan fingerprint density at radius 3 is 2.80 bits per heavy atom. The van der Waals surface area contributed by atoms with Crippen LogP contribution >= 0.6 is 0 Å². The minimum atomic E-state index is 0.00153. The summed E-state index contributed by atoms with van der Waals surface area (Å²) in [5.74, 6) is 1.76. The third-order valence-corrected chi connectivity index (χ3v) is 5.29. The molecule has 1 atom stereocenters. The summed E-state index contributed by atoms with van der Waals surface area (Å²) in [7, 11) is 0. The second-order valence-corrected chi connectivity index (χ2v) is 7.49. The lowest BCUT2D eigenvalue weighted by molar-refractivity contribution is -0.136. The number of hydrogen-bond acceptors (Lipinski definition) is 6. The lowest BCUT2D eigenvalue weighted by Crippen LogP contribution is -2.37. The SMILES string of the molecule is O=C(CC1CCCCO1)N1CCOCCOc2ccccc2Oc2ncccc2C1. The van der Waals surface area contributed by atoms with Crippen molar-refractivity contribution in [1.82, 2.24) is 9.88 Å². The molecule has 0 spiro atoms. The van der Waals surface area contributed by atoms with E-state index in [-0.39, 0.29) is 12.0 Å². The third kappa shape index (κ3) is 5.49. The van der Waals surface area contributed by atoms with Gasteiger partial charge in [0.1, 0.15) is 6.61 Å². The zero-order valence-corrected chi connectivity index (χ0v) is 17.1. The second kappa shape index (κ2) is 10.4. The van der Waals surface area contributed by atoms with E-state index in [2.05, 4.69) is 4.98 Å². The van der Waals surface area contributed by atoms with Gasteiger partial charge in [-0.15, -0.1) is 0 Å². The second-order valence-electron chi connectivity index (χ2n) is 7.49. The Bertz CT molecular complexity index is 838. The van der Waals surface area contributed by atoms with Crippen LogP contribution in [0.2, 0.25) is 0 Å². The average molecular weight is 412 g/mol. The van der Waals surface area contributed by atoms with Gasteiger partial charge in [-0.3, -0.25) is 4.79 Å². The van der Waals surface area contributed by atoms with Crippen molar-refractivity contribution in [2.45, 2.75) is 38.3 Å². The third-order valence-electron chi connectivity index (χ3n) is 5.29.